The van der Waals surface area contributed by atoms with E-state index in [4.69, 9.17) is 10.00 Å². The van der Waals surface area contributed by atoms with Crippen LogP contribution in [0.5, 0.6) is 0 Å². The molecule has 1 aliphatic carbocycles. The van der Waals surface area contributed by atoms with Crippen LogP contribution in [0.25, 0.3) is 0 Å². The number of carbonyl (C=O) groups is 2. The number of nitrogens with zero attached hydrogens (tertiary/aromatic N) is 1. The number of hydrogen-bond donors (Lipinski definition) is 1. The van der Waals surface area contributed by atoms with Gasteiger partial charge in [-0.3, -0.25) is 4.79 Å². The lowest BCUT2D eigenvalue weighted by Crippen LogP contribution is -2.48. The molecule has 1 atom stereocenters. The van der Waals surface area contributed by atoms with Crippen LogP contribution in [0.15, 0.2) is 17.5 Å². The van der Waals surface area contributed by atoms with E-state index in [0.717, 1.165) is 12.8 Å². The van der Waals surface area contributed by atoms with Crippen molar-refractivity contribution in [2.45, 2.75) is 25.3 Å². The number of esters is 1. The van der Waals surface area contributed by atoms with Gasteiger partial charge < -0.3 is 10.1 Å². The Hall–Kier alpha value is -1.87. The van der Waals surface area contributed by atoms with Crippen LogP contribution in [0.1, 0.15) is 29.4 Å². The summed E-state index contributed by atoms with van der Waals surface area (Å²) < 4.78 is 4.89. The number of ether oxygens (including phenoxy) is 1. The van der Waals surface area contributed by atoms with Gasteiger partial charge in [0.2, 0.25) is 0 Å². The maximum atomic E-state index is 11.7. The molecule has 1 N–H and O–H groups in total. The van der Waals surface area contributed by atoms with E-state index in [2.05, 4.69) is 11.4 Å². The van der Waals surface area contributed by atoms with E-state index in [1.807, 2.05) is 0 Å². The molecule has 1 saturated carbocycles. The van der Waals surface area contributed by atoms with Gasteiger partial charge in [0.15, 0.2) is 6.61 Å². The van der Waals surface area contributed by atoms with Crippen molar-refractivity contribution < 1.29 is 14.3 Å². The molecular weight excluding hydrogens is 264 g/mol. The van der Waals surface area contributed by atoms with Gasteiger partial charge in [-0.15, -0.1) is 11.3 Å². The smallest absolute Gasteiger partial charge is 0.348 e. The molecule has 6 heteroatoms. The Balaban J connectivity index is 1.82. The van der Waals surface area contributed by atoms with Crippen molar-refractivity contribution in [3.05, 3.63) is 22.4 Å². The van der Waals surface area contributed by atoms with Crippen LogP contribution in [-0.2, 0) is 9.53 Å². The minimum atomic E-state index is -0.855. The van der Waals surface area contributed by atoms with Crippen molar-refractivity contribution in [3.8, 4) is 6.07 Å². The van der Waals surface area contributed by atoms with E-state index in [1.165, 1.54) is 11.3 Å². The van der Waals surface area contributed by atoms with Crippen molar-refractivity contribution >= 4 is 23.2 Å². The molecule has 5 nitrogen and oxygen atoms in total. The molecule has 0 saturated heterocycles. The predicted molar refractivity (Wildman–Crippen MR) is 69.5 cm³/mol. The summed E-state index contributed by atoms with van der Waals surface area (Å²) in [6.07, 6.45) is 1.89. The highest BCUT2D eigenvalue weighted by molar-refractivity contribution is 7.11. The SMILES string of the molecule is C[C@](C#N)(NC(=O)COC(=O)c1cccs1)C1CC1. The first-order valence-electron chi connectivity index (χ1n) is 5.98. The van der Waals surface area contributed by atoms with Crippen LogP contribution in [0.3, 0.4) is 0 Å². The molecule has 0 aliphatic heterocycles. The Bertz CT molecular complexity index is 516. The second-order valence-electron chi connectivity index (χ2n) is 4.69. The highest BCUT2D eigenvalue weighted by Gasteiger charge is 2.43. The Morgan fingerprint density at radius 2 is 2.37 bits per heavy atom. The summed E-state index contributed by atoms with van der Waals surface area (Å²) in [7, 11) is 0. The fourth-order valence-electron chi connectivity index (χ4n) is 1.80. The zero-order valence-corrected chi connectivity index (χ0v) is 11.3. The van der Waals surface area contributed by atoms with Crippen LogP contribution in [0.4, 0.5) is 0 Å². The molecule has 1 aromatic heterocycles. The Kier molecular flexibility index (Phi) is 3.86. The minimum Gasteiger partial charge on any atom is -0.451 e. The average molecular weight is 278 g/mol. The first-order chi connectivity index (χ1) is 9.05. The number of amides is 1. The van der Waals surface area contributed by atoms with Gasteiger partial charge in [0.1, 0.15) is 10.4 Å². The maximum absolute atomic E-state index is 11.7. The molecule has 0 aromatic carbocycles. The summed E-state index contributed by atoms with van der Waals surface area (Å²) in [5.74, 6) is -0.759. The second kappa shape index (κ2) is 5.41. The lowest BCUT2D eigenvalue weighted by Gasteiger charge is -2.22. The molecule has 1 amide bonds. The van der Waals surface area contributed by atoms with Gasteiger partial charge in [-0.1, -0.05) is 6.07 Å². The number of nitriles is 1. The van der Waals surface area contributed by atoms with Crippen LogP contribution in [0, 0.1) is 17.2 Å². The van der Waals surface area contributed by atoms with Crippen molar-refractivity contribution in [1.82, 2.24) is 5.32 Å². The molecule has 2 rings (SSSR count). The molecule has 0 spiro atoms. The molecule has 0 unspecified atom stereocenters. The normalized spacial score (nSPS) is 17.1. The minimum absolute atomic E-state index is 0.203. The molecule has 1 heterocycles. The third-order valence-electron chi connectivity index (χ3n) is 3.08. The molecule has 0 radical (unpaired) electrons. The molecular formula is C13H14N2O3S. The van der Waals surface area contributed by atoms with E-state index < -0.39 is 17.4 Å². The Labute approximate surface area is 115 Å². The average Bonchev–Trinajstić information content (AvgIpc) is 3.12. The van der Waals surface area contributed by atoms with E-state index >= 15 is 0 Å². The number of rotatable bonds is 5. The molecule has 1 fully saturated rings. The summed E-state index contributed by atoms with van der Waals surface area (Å²) in [6.45, 7) is 1.34. The zero-order chi connectivity index (χ0) is 13.9. The van der Waals surface area contributed by atoms with Crippen molar-refractivity contribution in [3.63, 3.8) is 0 Å². The van der Waals surface area contributed by atoms with E-state index in [-0.39, 0.29) is 12.5 Å². The number of thiophene rings is 1. The Morgan fingerprint density at radius 1 is 1.63 bits per heavy atom. The van der Waals surface area contributed by atoms with Crippen molar-refractivity contribution in [1.29, 1.82) is 5.26 Å². The van der Waals surface area contributed by atoms with E-state index in [9.17, 15) is 9.59 Å². The molecule has 100 valence electrons. The first-order valence-corrected chi connectivity index (χ1v) is 6.86. The molecule has 1 aromatic rings. The van der Waals surface area contributed by atoms with Crippen LogP contribution in [-0.4, -0.2) is 24.0 Å². The summed E-state index contributed by atoms with van der Waals surface area (Å²) in [5.41, 5.74) is -0.855. The fourth-order valence-corrected chi connectivity index (χ4v) is 2.42. The van der Waals surface area contributed by atoms with Crippen molar-refractivity contribution in [2.75, 3.05) is 6.61 Å². The van der Waals surface area contributed by atoms with Gasteiger partial charge in [-0.05, 0) is 37.1 Å². The highest BCUT2D eigenvalue weighted by Crippen LogP contribution is 2.39. The lowest BCUT2D eigenvalue weighted by atomic mass is 9.98. The van der Waals surface area contributed by atoms with E-state index in [0.29, 0.717) is 4.88 Å². The molecule has 1 aliphatic rings. The second-order valence-corrected chi connectivity index (χ2v) is 5.64. The third-order valence-corrected chi connectivity index (χ3v) is 3.93. The Morgan fingerprint density at radius 3 is 2.89 bits per heavy atom. The molecule has 19 heavy (non-hydrogen) atoms. The predicted octanol–water partition coefficient (Wildman–Crippen LogP) is 1.71. The highest BCUT2D eigenvalue weighted by atomic mass is 32.1. The first kappa shape index (κ1) is 13.6. The van der Waals surface area contributed by atoms with Crippen LogP contribution >= 0.6 is 11.3 Å². The van der Waals surface area contributed by atoms with Gasteiger partial charge in [-0.2, -0.15) is 5.26 Å². The summed E-state index contributed by atoms with van der Waals surface area (Å²) in [4.78, 5) is 23.7. The number of hydrogen-bond acceptors (Lipinski definition) is 5. The topological polar surface area (TPSA) is 79.2 Å². The van der Waals surface area contributed by atoms with Gasteiger partial charge in [0.05, 0.1) is 6.07 Å². The zero-order valence-electron chi connectivity index (χ0n) is 10.5. The summed E-state index contributed by atoms with van der Waals surface area (Å²) >= 11 is 1.26. The van der Waals surface area contributed by atoms with Gasteiger partial charge >= 0.3 is 5.97 Å². The van der Waals surface area contributed by atoms with Crippen molar-refractivity contribution in [2.24, 2.45) is 5.92 Å². The molecule has 0 bridgehead atoms. The maximum Gasteiger partial charge on any atom is 0.348 e. The standard InChI is InChI=1S/C13H14N2O3S/c1-13(8-14,9-4-5-9)15-11(16)7-18-12(17)10-3-2-6-19-10/h2-3,6,9H,4-5,7H2,1H3,(H,15,16)/t13-/m1/s1. The monoisotopic (exact) mass is 278 g/mol. The van der Waals surface area contributed by atoms with Gasteiger partial charge in [0.25, 0.3) is 5.91 Å². The number of carbonyl (C=O) groups excluding carboxylic acids is 2. The lowest BCUT2D eigenvalue weighted by molar-refractivity contribution is -0.125. The van der Waals surface area contributed by atoms with E-state index in [1.54, 1.807) is 24.4 Å². The summed E-state index contributed by atoms with van der Waals surface area (Å²) in [5, 5.41) is 13.5. The van der Waals surface area contributed by atoms with Gasteiger partial charge in [-0.25, -0.2) is 4.79 Å². The summed E-state index contributed by atoms with van der Waals surface area (Å²) in [6, 6.07) is 5.49. The number of nitrogens with one attached hydrogen (secondary N) is 1. The van der Waals surface area contributed by atoms with Crippen LogP contribution < -0.4 is 5.32 Å². The van der Waals surface area contributed by atoms with Crippen LogP contribution in [0.2, 0.25) is 0 Å². The largest absolute Gasteiger partial charge is 0.451 e. The third kappa shape index (κ3) is 3.32. The van der Waals surface area contributed by atoms with Gasteiger partial charge in [0, 0.05) is 0 Å². The fraction of sp³-hybridized carbons (Fsp3) is 0.462. The quantitative estimate of drug-likeness (QED) is 0.832.